The molecule has 1 saturated heterocycles. The minimum absolute atomic E-state index is 0.122. The molecule has 0 aliphatic carbocycles. The van der Waals surface area contributed by atoms with Gasteiger partial charge in [-0.15, -0.1) is 0 Å². The summed E-state index contributed by atoms with van der Waals surface area (Å²) in [5.41, 5.74) is 0. The monoisotopic (exact) mass is 213 g/mol. The van der Waals surface area contributed by atoms with Crippen molar-refractivity contribution >= 4 is 0 Å². The van der Waals surface area contributed by atoms with E-state index in [9.17, 15) is 0 Å². The molecular weight excluding hydrogens is 186 g/mol. The predicted octanol–water partition coefficient (Wildman–Crippen LogP) is 2.66. The van der Waals surface area contributed by atoms with Gasteiger partial charge in [-0.25, -0.2) is 0 Å². The van der Waals surface area contributed by atoms with Gasteiger partial charge in [-0.05, 0) is 65.0 Å². The van der Waals surface area contributed by atoms with Gasteiger partial charge >= 0.3 is 0 Å². The van der Waals surface area contributed by atoms with Gasteiger partial charge in [0.1, 0.15) is 0 Å². The highest BCUT2D eigenvalue weighted by Gasteiger charge is 2.23. The van der Waals surface area contributed by atoms with Crippen LogP contribution in [0.2, 0.25) is 0 Å². The second-order valence-corrected chi connectivity index (χ2v) is 5.24. The number of likely N-dealkylation sites (tertiary alicyclic amines) is 1. The average molecular weight is 213 g/mol. The number of hydrogen-bond donors (Lipinski definition) is 1. The number of aliphatic hydroxyl groups excluding tert-OH is 1. The quantitative estimate of drug-likeness (QED) is 0.710. The van der Waals surface area contributed by atoms with E-state index in [2.05, 4.69) is 18.7 Å². The van der Waals surface area contributed by atoms with Crippen molar-refractivity contribution in [3.63, 3.8) is 0 Å². The van der Waals surface area contributed by atoms with E-state index >= 15 is 0 Å². The van der Waals surface area contributed by atoms with Crippen molar-refractivity contribution in [3.05, 3.63) is 0 Å². The van der Waals surface area contributed by atoms with Crippen LogP contribution in [0.15, 0.2) is 0 Å². The third kappa shape index (κ3) is 4.52. The molecule has 0 saturated carbocycles. The predicted molar refractivity (Wildman–Crippen MR) is 65.0 cm³/mol. The van der Waals surface area contributed by atoms with Crippen LogP contribution < -0.4 is 0 Å². The molecule has 1 aliphatic heterocycles. The summed E-state index contributed by atoms with van der Waals surface area (Å²) >= 11 is 0. The van der Waals surface area contributed by atoms with Crippen molar-refractivity contribution in [2.24, 2.45) is 5.92 Å². The summed E-state index contributed by atoms with van der Waals surface area (Å²) in [5.74, 6) is 0.857. The summed E-state index contributed by atoms with van der Waals surface area (Å²) in [6.45, 7) is 9.11. The Bertz CT molecular complexity index is 170. The normalized spacial score (nSPS) is 30.4. The lowest BCUT2D eigenvalue weighted by Crippen LogP contribution is -2.42. The highest BCUT2D eigenvalue weighted by Crippen LogP contribution is 2.23. The van der Waals surface area contributed by atoms with Gasteiger partial charge in [0.15, 0.2) is 0 Å². The van der Waals surface area contributed by atoms with E-state index in [-0.39, 0.29) is 6.10 Å². The van der Waals surface area contributed by atoms with Crippen molar-refractivity contribution < 1.29 is 5.11 Å². The fourth-order valence-corrected chi connectivity index (χ4v) is 2.49. The minimum atomic E-state index is -0.122. The van der Waals surface area contributed by atoms with E-state index in [1.807, 2.05) is 6.92 Å². The van der Waals surface area contributed by atoms with Gasteiger partial charge in [0.25, 0.3) is 0 Å². The second kappa shape index (κ2) is 6.49. The Kier molecular flexibility index (Phi) is 5.62. The third-order valence-corrected chi connectivity index (χ3v) is 3.82. The fraction of sp³-hybridized carbons (Fsp3) is 1.00. The van der Waals surface area contributed by atoms with Crippen LogP contribution in [0.25, 0.3) is 0 Å². The van der Waals surface area contributed by atoms with Crippen LogP contribution in [0.3, 0.4) is 0 Å². The molecule has 0 spiro atoms. The second-order valence-electron chi connectivity index (χ2n) is 5.24. The molecule has 0 aromatic heterocycles. The molecule has 1 aliphatic rings. The first-order chi connectivity index (χ1) is 7.11. The molecule has 0 bridgehead atoms. The zero-order valence-corrected chi connectivity index (χ0v) is 10.6. The molecule has 15 heavy (non-hydrogen) atoms. The third-order valence-electron chi connectivity index (χ3n) is 3.82. The van der Waals surface area contributed by atoms with Crippen molar-refractivity contribution in [2.75, 3.05) is 13.1 Å². The molecule has 3 atom stereocenters. The van der Waals surface area contributed by atoms with E-state index in [4.69, 9.17) is 5.11 Å². The standard InChI is InChI=1S/C13H27NO/c1-11-7-6-10-14(13(11)3)9-5-4-8-12(2)15/h11-13,15H,4-10H2,1-3H3. The summed E-state index contributed by atoms with van der Waals surface area (Å²) in [6.07, 6.45) is 5.99. The smallest absolute Gasteiger partial charge is 0.0512 e. The van der Waals surface area contributed by atoms with Gasteiger partial charge < -0.3 is 10.0 Å². The first-order valence-electron chi connectivity index (χ1n) is 6.53. The topological polar surface area (TPSA) is 23.5 Å². The molecule has 1 rings (SSSR count). The van der Waals surface area contributed by atoms with Crippen LogP contribution in [-0.4, -0.2) is 35.2 Å². The average Bonchev–Trinajstić information content (AvgIpc) is 2.18. The first kappa shape index (κ1) is 13.0. The Morgan fingerprint density at radius 3 is 2.73 bits per heavy atom. The number of unbranched alkanes of at least 4 members (excludes halogenated alkanes) is 1. The fourth-order valence-electron chi connectivity index (χ4n) is 2.49. The van der Waals surface area contributed by atoms with Gasteiger partial charge in [0, 0.05) is 6.04 Å². The minimum Gasteiger partial charge on any atom is -0.393 e. The summed E-state index contributed by atoms with van der Waals surface area (Å²) in [6, 6.07) is 0.755. The van der Waals surface area contributed by atoms with Crippen LogP contribution >= 0.6 is 0 Å². The van der Waals surface area contributed by atoms with Crippen LogP contribution in [0.4, 0.5) is 0 Å². The number of piperidine rings is 1. The van der Waals surface area contributed by atoms with E-state index in [0.717, 1.165) is 24.8 Å². The summed E-state index contributed by atoms with van der Waals surface area (Å²) < 4.78 is 0. The lowest BCUT2D eigenvalue weighted by Gasteiger charge is -2.38. The zero-order valence-electron chi connectivity index (χ0n) is 10.6. The summed E-state index contributed by atoms with van der Waals surface area (Å²) in [4.78, 5) is 2.62. The van der Waals surface area contributed by atoms with Gasteiger partial charge in [-0.2, -0.15) is 0 Å². The highest BCUT2D eigenvalue weighted by molar-refractivity contribution is 4.78. The van der Waals surface area contributed by atoms with Crippen molar-refractivity contribution in [3.8, 4) is 0 Å². The maximum Gasteiger partial charge on any atom is 0.0512 e. The van der Waals surface area contributed by atoms with Crippen LogP contribution in [0.5, 0.6) is 0 Å². The molecule has 1 fully saturated rings. The molecule has 0 aromatic rings. The summed E-state index contributed by atoms with van der Waals surface area (Å²) in [7, 11) is 0. The molecule has 2 nitrogen and oxygen atoms in total. The molecule has 1 N–H and O–H groups in total. The maximum absolute atomic E-state index is 9.17. The summed E-state index contributed by atoms with van der Waals surface area (Å²) in [5, 5.41) is 9.17. The van der Waals surface area contributed by atoms with Crippen LogP contribution in [-0.2, 0) is 0 Å². The van der Waals surface area contributed by atoms with Gasteiger partial charge in [0.2, 0.25) is 0 Å². The molecule has 1 heterocycles. The molecule has 0 radical (unpaired) electrons. The lowest BCUT2D eigenvalue weighted by molar-refractivity contribution is 0.109. The lowest BCUT2D eigenvalue weighted by atomic mass is 9.92. The Labute approximate surface area is 94.7 Å². The van der Waals surface area contributed by atoms with E-state index in [1.165, 1.54) is 32.4 Å². The van der Waals surface area contributed by atoms with Crippen molar-refractivity contribution in [1.29, 1.82) is 0 Å². The molecule has 2 heteroatoms. The van der Waals surface area contributed by atoms with Crippen LogP contribution in [0.1, 0.15) is 52.9 Å². The van der Waals surface area contributed by atoms with Gasteiger partial charge in [-0.1, -0.05) is 6.92 Å². The number of rotatable bonds is 5. The molecule has 0 aromatic carbocycles. The molecular formula is C13H27NO. The van der Waals surface area contributed by atoms with Gasteiger partial charge in [0.05, 0.1) is 6.10 Å². The molecule has 0 amide bonds. The van der Waals surface area contributed by atoms with E-state index < -0.39 is 0 Å². The van der Waals surface area contributed by atoms with Crippen LogP contribution in [0, 0.1) is 5.92 Å². The Morgan fingerprint density at radius 1 is 1.33 bits per heavy atom. The highest BCUT2D eigenvalue weighted by atomic mass is 16.3. The van der Waals surface area contributed by atoms with E-state index in [1.54, 1.807) is 0 Å². The van der Waals surface area contributed by atoms with Gasteiger partial charge in [-0.3, -0.25) is 0 Å². The number of nitrogens with zero attached hydrogens (tertiary/aromatic N) is 1. The van der Waals surface area contributed by atoms with E-state index in [0.29, 0.717) is 0 Å². The number of aliphatic hydroxyl groups is 1. The maximum atomic E-state index is 9.17. The Morgan fingerprint density at radius 2 is 2.07 bits per heavy atom. The zero-order chi connectivity index (χ0) is 11.3. The molecule has 90 valence electrons. The SMILES string of the molecule is CC(O)CCCCN1CCCC(C)C1C. The molecule has 3 unspecified atom stereocenters. The van der Waals surface area contributed by atoms with Crippen molar-refractivity contribution in [2.45, 2.75) is 65.0 Å². The Balaban J connectivity index is 2.14. The Hall–Kier alpha value is -0.0800. The number of hydrogen-bond acceptors (Lipinski definition) is 2. The van der Waals surface area contributed by atoms with Crippen molar-refractivity contribution in [1.82, 2.24) is 4.90 Å². The first-order valence-corrected chi connectivity index (χ1v) is 6.53. The largest absolute Gasteiger partial charge is 0.393 e.